The third-order valence-electron chi connectivity index (χ3n) is 4.86. The minimum Gasteiger partial charge on any atom is -0.493 e. The molecule has 3 rings (SSSR count). The minimum atomic E-state index is -4.88. The second-order valence-corrected chi connectivity index (χ2v) is 9.78. The van der Waals surface area contributed by atoms with Crippen molar-refractivity contribution in [1.82, 2.24) is 9.71 Å². The van der Waals surface area contributed by atoms with Gasteiger partial charge in [-0.2, -0.15) is 17.9 Å². The van der Waals surface area contributed by atoms with Crippen molar-refractivity contribution < 1.29 is 35.9 Å². The molecule has 3 aromatic rings. The summed E-state index contributed by atoms with van der Waals surface area (Å²) in [6.45, 7) is 2.02. The zero-order chi connectivity index (χ0) is 26.7. The molecule has 0 bridgehead atoms. The molecule has 0 saturated heterocycles. The SMILES string of the molecule is CCOc1ccccc1C(=O)c1ncc(Cl)cc1C(NS(=O)(=O)c1ccc(Cl)c(C(F)(F)F)c1)OC. The normalized spacial score (nSPS) is 12.9. The first-order valence-electron chi connectivity index (χ1n) is 10.2. The van der Waals surface area contributed by atoms with E-state index in [0.717, 1.165) is 19.2 Å². The number of pyridine rings is 1. The first-order chi connectivity index (χ1) is 16.9. The molecule has 0 saturated carbocycles. The number of carbonyl (C=O) groups is 1. The van der Waals surface area contributed by atoms with E-state index in [2.05, 4.69) is 9.71 Å². The molecule has 1 aromatic heterocycles. The average molecular weight is 563 g/mol. The Morgan fingerprint density at radius 1 is 1.14 bits per heavy atom. The molecular formula is C23H19Cl2F3N2O5S. The average Bonchev–Trinajstić information content (AvgIpc) is 2.82. The Bertz CT molecular complexity index is 1380. The van der Waals surface area contributed by atoms with E-state index in [-0.39, 0.29) is 34.2 Å². The van der Waals surface area contributed by atoms with Gasteiger partial charge in [-0.1, -0.05) is 35.3 Å². The maximum atomic E-state index is 13.4. The van der Waals surface area contributed by atoms with Gasteiger partial charge in [0.1, 0.15) is 17.7 Å². The zero-order valence-corrected chi connectivity index (χ0v) is 21.1. The maximum absolute atomic E-state index is 13.4. The molecule has 1 N–H and O–H groups in total. The number of alkyl halides is 3. The van der Waals surface area contributed by atoms with Gasteiger partial charge in [0.25, 0.3) is 0 Å². The number of rotatable bonds is 9. The molecule has 0 spiro atoms. The Balaban J connectivity index is 2.05. The van der Waals surface area contributed by atoms with Crippen LogP contribution in [-0.2, 0) is 20.9 Å². The number of ketones is 1. The molecule has 2 aromatic carbocycles. The third-order valence-corrected chi connectivity index (χ3v) is 6.80. The highest BCUT2D eigenvalue weighted by molar-refractivity contribution is 7.89. The van der Waals surface area contributed by atoms with E-state index < -0.39 is 43.7 Å². The molecule has 0 fully saturated rings. The van der Waals surface area contributed by atoms with Gasteiger partial charge in [0.05, 0.1) is 32.7 Å². The Labute approximate surface area is 215 Å². The molecule has 13 heteroatoms. The fourth-order valence-corrected chi connectivity index (χ4v) is 4.80. The quantitative estimate of drug-likeness (QED) is 0.267. The number of nitrogens with zero attached hydrogens (tertiary/aromatic N) is 1. The van der Waals surface area contributed by atoms with Gasteiger partial charge in [-0.25, -0.2) is 8.42 Å². The number of ether oxygens (including phenoxy) is 2. The monoisotopic (exact) mass is 562 g/mol. The van der Waals surface area contributed by atoms with Crippen molar-refractivity contribution in [2.75, 3.05) is 13.7 Å². The van der Waals surface area contributed by atoms with Crippen molar-refractivity contribution in [3.05, 3.63) is 87.2 Å². The molecule has 1 atom stereocenters. The molecule has 0 radical (unpaired) electrons. The summed E-state index contributed by atoms with van der Waals surface area (Å²) in [7, 11) is -3.46. The predicted octanol–water partition coefficient (Wildman–Crippen LogP) is 5.66. The van der Waals surface area contributed by atoms with Crippen LogP contribution in [0.15, 0.2) is 59.6 Å². The maximum Gasteiger partial charge on any atom is 0.417 e. The van der Waals surface area contributed by atoms with Gasteiger partial charge in [0.15, 0.2) is 0 Å². The number of hydrogen-bond donors (Lipinski definition) is 1. The number of nitrogens with one attached hydrogen (secondary N) is 1. The van der Waals surface area contributed by atoms with Crippen molar-refractivity contribution in [1.29, 1.82) is 0 Å². The lowest BCUT2D eigenvalue weighted by Gasteiger charge is -2.21. The van der Waals surface area contributed by atoms with E-state index in [0.29, 0.717) is 6.07 Å². The van der Waals surface area contributed by atoms with E-state index in [1.807, 2.05) is 0 Å². The number of hydrogen-bond acceptors (Lipinski definition) is 6. The van der Waals surface area contributed by atoms with E-state index in [4.69, 9.17) is 32.7 Å². The van der Waals surface area contributed by atoms with Gasteiger partial charge in [0.2, 0.25) is 15.8 Å². The number of para-hydroxylation sites is 1. The van der Waals surface area contributed by atoms with E-state index in [1.165, 1.54) is 18.3 Å². The fourth-order valence-electron chi connectivity index (χ4n) is 3.24. The van der Waals surface area contributed by atoms with Gasteiger partial charge in [-0.05, 0) is 43.3 Å². The van der Waals surface area contributed by atoms with Gasteiger partial charge >= 0.3 is 6.18 Å². The Hall–Kier alpha value is -2.70. The van der Waals surface area contributed by atoms with Crippen LogP contribution in [0.25, 0.3) is 0 Å². The smallest absolute Gasteiger partial charge is 0.417 e. The minimum absolute atomic E-state index is 0.0603. The molecule has 1 heterocycles. The number of aromatic nitrogens is 1. The molecule has 0 aliphatic heterocycles. The van der Waals surface area contributed by atoms with Crippen LogP contribution in [0.5, 0.6) is 5.75 Å². The fraction of sp³-hybridized carbons (Fsp3) is 0.217. The van der Waals surface area contributed by atoms with Crippen molar-refractivity contribution in [2.24, 2.45) is 0 Å². The van der Waals surface area contributed by atoms with Crippen LogP contribution in [-0.4, -0.2) is 32.9 Å². The van der Waals surface area contributed by atoms with Crippen LogP contribution in [0.2, 0.25) is 10.0 Å². The molecule has 7 nitrogen and oxygen atoms in total. The van der Waals surface area contributed by atoms with Crippen LogP contribution in [0.3, 0.4) is 0 Å². The predicted molar refractivity (Wildman–Crippen MR) is 127 cm³/mol. The largest absolute Gasteiger partial charge is 0.493 e. The van der Waals surface area contributed by atoms with Gasteiger partial charge in [-0.15, -0.1) is 0 Å². The van der Waals surface area contributed by atoms with Crippen LogP contribution < -0.4 is 9.46 Å². The second-order valence-electron chi connectivity index (χ2n) is 7.23. The van der Waals surface area contributed by atoms with Crippen LogP contribution in [0, 0.1) is 0 Å². The first kappa shape index (κ1) is 27.9. The highest BCUT2D eigenvalue weighted by atomic mass is 35.5. The molecule has 0 aliphatic rings. The Morgan fingerprint density at radius 2 is 1.83 bits per heavy atom. The number of halogens is 5. The molecule has 192 valence electrons. The number of methoxy groups -OCH3 is 1. The molecular weight excluding hydrogens is 544 g/mol. The van der Waals surface area contributed by atoms with Gasteiger partial charge in [0, 0.05) is 18.9 Å². The zero-order valence-electron chi connectivity index (χ0n) is 18.8. The van der Waals surface area contributed by atoms with Crippen LogP contribution in [0.4, 0.5) is 13.2 Å². The first-order valence-corrected chi connectivity index (χ1v) is 12.5. The van der Waals surface area contributed by atoms with Gasteiger partial charge < -0.3 is 9.47 Å². The summed E-state index contributed by atoms with van der Waals surface area (Å²) in [6, 6.07) is 9.77. The number of sulfonamides is 1. The highest BCUT2D eigenvalue weighted by Gasteiger charge is 2.35. The van der Waals surface area contributed by atoms with E-state index >= 15 is 0 Å². The third kappa shape index (κ3) is 6.16. The summed E-state index contributed by atoms with van der Waals surface area (Å²) in [5, 5.41) is -0.601. The topological polar surface area (TPSA) is 94.6 Å². The van der Waals surface area contributed by atoms with Gasteiger partial charge in [-0.3, -0.25) is 9.78 Å². The van der Waals surface area contributed by atoms with Crippen LogP contribution >= 0.6 is 23.2 Å². The van der Waals surface area contributed by atoms with Crippen molar-refractivity contribution in [3.63, 3.8) is 0 Å². The second kappa shape index (κ2) is 11.1. The molecule has 1 unspecified atom stereocenters. The summed E-state index contributed by atoms with van der Waals surface area (Å²) in [4.78, 5) is 16.7. The number of carbonyl (C=O) groups excluding carboxylic acids is 1. The van der Waals surface area contributed by atoms with Crippen molar-refractivity contribution in [2.45, 2.75) is 24.2 Å². The standard InChI is InChI=1S/C23H19Cl2F3N2O5S/c1-3-35-19-7-5-4-6-15(19)21(31)20-16(10-13(24)12-29-20)22(34-2)30-36(32,33)14-8-9-18(25)17(11-14)23(26,27)28/h4-12,22,30H,3H2,1-2H3. The lowest BCUT2D eigenvalue weighted by atomic mass is 10.0. The molecule has 0 amide bonds. The lowest BCUT2D eigenvalue weighted by molar-refractivity contribution is -0.137. The number of benzene rings is 2. The summed E-state index contributed by atoms with van der Waals surface area (Å²) in [5.74, 6) is -0.332. The Kier molecular flexibility index (Phi) is 8.63. The van der Waals surface area contributed by atoms with Crippen LogP contribution in [0.1, 0.15) is 40.3 Å². The van der Waals surface area contributed by atoms with E-state index in [1.54, 1.807) is 25.1 Å². The summed E-state index contributed by atoms with van der Waals surface area (Å²) in [5.41, 5.74) is -1.43. The van der Waals surface area contributed by atoms with Crippen molar-refractivity contribution in [3.8, 4) is 5.75 Å². The lowest BCUT2D eigenvalue weighted by Crippen LogP contribution is -2.31. The highest BCUT2D eigenvalue weighted by Crippen LogP contribution is 2.36. The summed E-state index contributed by atoms with van der Waals surface area (Å²) in [6.07, 6.45) is -5.23. The Morgan fingerprint density at radius 3 is 2.47 bits per heavy atom. The summed E-state index contributed by atoms with van der Waals surface area (Å²) >= 11 is 11.7. The summed E-state index contributed by atoms with van der Waals surface area (Å²) < 4.78 is 78.6. The van der Waals surface area contributed by atoms with Crippen molar-refractivity contribution >= 4 is 39.0 Å². The molecule has 0 aliphatic carbocycles. The van der Waals surface area contributed by atoms with E-state index in [9.17, 15) is 26.4 Å². The molecule has 36 heavy (non-hydrogen) atoms.